The number of aliphatic carboxylic acids is 1. The molecule has 1 amide bonds. The van der Waals surface area contributed by atoms with Crippen LogP contribution < -0.4 is 5.32 Å². The Morgan fingerprint density at radius 1 is 1.50 bits per heavy atom. The molecule has 1 atom stereocenters. The number of carboxylic acid groups (broad SMARTS) is 1. The van der Waals surface area contributed by atoms with Gasteiger partial charge in [-0.25, -0.2) is 9.78 Å². The minimum atomic E-state index is -1.24. The number of carboxylic acids is 1. The molecule has 6 heteroatoms. The number of hydrogen-bond donors (Lipinski definition) is 2. The van der Waals surface area contributed by atoms with E-state index in [-0.39, 0.29) is 16.8 Å². The lowest BCUT2D eigenvalue weighted by molar-refractivity contribution is -0.144. The van der Waals surface area contributed by atoms with Gasteiger partial charge in [0, 0.05) is 0 Å². The second-order valence-corrected chi connectivity index (χ2v) is 4.97. The van der Waals surface area contributed by atoms with Gasteiger partial charge in [-0.2, -0.15) is 0 Å². The first-order valence-electron chi connectivity index (χ1n) is 5.62. The fourth-order valence-corrected chi connectivity index (χ4v) is 1.99. The number of halogens is 1. The topological polar surface area (TPSA) is 79.3 Å². The van der Waals surface area contributed by atoms with Crippen molar-refractivity contribution in [2.24, 2.45) is 5.92 Å². The first kappa shape index (κ1) is 12.8. The molecule has 0 saturated heterocycles. The number of nitrogens with one attached hydrogen (secondary N) is 1. The number of carbonyl (C=O) groups is 2. The fraction of sp³-hybridized carbons (Fsp3) is 0.417. The molecule has 2 rings (SSSR count). The second-order valence-electron chi connectivity index (χ2n) is 4.58. The van der Waals surface area contributed by atoms with E-state index in [2.05, 4.69) is 10.3 Å². The zero-order chi connectivity index (χ0) is 13.3. The Morgan fingerprint density at radius 3 is 2.67 bits per heavy atom. The van der Waals surface area contributed by atoms with E-state index in [1.54, 1.807) is 12.1 Å². The van der Waals surface area contributed by atoms with Gasteiger partial charge in [0.05, 0.1) is 0 Å². The molecule has 1 aromatic rings. The van der Waals surface area contributed by atoms with E-state index >= 15 is 0 Å². The van der Waals surface area contributed by atoms with Gasteiger partial charge in [-0.3, -0.25) is 4.79 Å². The molecule has 1 fully saturated rings. The second kappa shape index (κ2) is 4.57. The normalized spacial score (nSPS) is 17.9. The van der Waals surface area contributed by atoms with Crippen LogP contribution in [0.1, 0.15) is 30.3 Å². The summed E-state index contributed by atoms with van der Waals surface area (Å²) in [6.45, 7) is 1.52. The van der Waals surface area contributed by atoms with E-state index in [4.69, 9.17) is 11.6 Å². The van der Waals surface area contributed by atoms with Crippen LogP contribution in [0.3, 0.4) is 0 Å². The van der Waals surface area contributed by atoms with Gasteiger partial charge in [0.1, 0.15) is 16.4 Å². The third-order valence-corrected chi connectivity index (χ3v) is 3.37. The van der Waals surface area contributed by atoms with Gasteiger partial charge < -0.3 is 10.4 Å². The van der Waals surface area contributed by atoms with E-state index in [0.717, 1.165) is 12.8 Å². The maximum Gasteiger partial charge on any atom is 0.329 e. The first-order chi connectivity index (χ1) is 8.43. The van der Waals surface area contributed by atoms with Crippen molar-refractivity contribution in [3.05, 3.63) is 29.0 Å². The highest BCUT2D eigenvalue weighted by atomic mass is 35.5. The van der Waals surface area contributed by atoms with Gasteiger partial charge in [0.15, 0.2) is 0 Å². The van der Waals surface area contributed by atoms with Crippen LogP contribution in [0.2, 0.25) is 5.15 Å². The summed E-state index contributed by atoms with van der Waals surface area (Å²) >= 11 is 5.69. The highest BCUT2D eigenvalue weighted by Crippen LogP contribution is 2.39. The van der Waals surface area contributed by atoms with Crippen molar-refractivity contribution in [2.45, 2.75) is 25.3 Å². The Morgan fingerprint density at radius 2 is 2.17 bits per heavy atom. The quantitative estimate of drug-likeness (QED) is 0.815. The molecule has 1 unspecified atom stereocenters. The molecule has 1 saturated carbocycles. The van der Waals surface area contributed by atoms with Gasteiger partial charge in [-0.15, -0.1) is 0 Å². The Balaban J connectivity index is 2.17. The molecular weight excluding hydrogens is 256 g/mol. The van der Waals surface area contributed by atoms with Crippen LogP contribution in [0, 0.1) is 5.92 Å². The molecule has 5 nitrogen and oxygen atoms in total. The summed E-state index contributed by atoms with van der Waals surface area (Å²) in [7, 11) is 0. The smallest absolute Gasteiger partial charge is 0.329 e. The molecule has 0 bridgehead atoms. The summed E-state index contributed by atoms with van der Waals surface area (Å²) in [5, 5.41) is 12.0. The summed E-state index contributed by atoms with van der Waals surface area (Å²) in [6.07, 6.45) is 1.62. The number of hydrogen-bond acceptors (Lipinski definition) is 3. The van der Waals surface area contributed by atoms with Gasteiger partial charge in [0.25, 0.3) is 5.91 Å². The van der Waals surface area contributed by atoms with Crippen LogP contribution in [0.15, 0.2) is 18.2 Å². The SMILES string of the molecule is CC(NC(=O)c1cccc(Cl)n1)(C(=O)O)C1CC1. The van der Waals surface area contributed by atoms with Crippen LogP contribution in [0.4, 0.5) is 0 Å². The summed E-state index contributed by atoms with van der Waals surface area (Å²) < 4.78 is 0. The highest BCUT2D eigenvalue weighted by molar-refractivity contribution is 6.29. The molecule has 1 aromatic heterocycles. The Hall–Kier alpha value is -1.62. The summed E-state index contributed by atoms with van der Waals surface area (Å²) in [5.74, 6) is -1.56. The minimum absolute atomic E-state index is 0.0156. The molecular formula is C12H13ClN2O3. The van der Waals surface area contributed by atoms with E-state index < -0.39 is 17.4 Å². The third-order valence-electron chi connectivity index (χ3n) is 3.16. The largest absolute Gasteiger partial charge is 0.480 e. The predicted octanol–water partition coefficient (Wildman–Crippen LogP) is 1.72. The first-order valence-corrected chi connectivity index (χ1v) is 6.00. The lowest BCUT2D eigenvalue weighted by Crippen LogP contribution is -2.54. The molecule has 0 spiro atoms. The predicted molar refractivity (Wildman–Crippen MR) is 65.5 cm³/mol. The van der Waals surface area contributed by atoms with Crippen molar-refractivity contribution in [2.75, 3.05) is 0 Å². The fourth-order valence-electron chi connectivity index (χ4n) is 1.83. The lowest BCUT2D eigenvalue weighted by Gasteiger charge is -2.25. The molecule has 2 N–H and O–H groups in total. The highest BCUT2D eigenvalue weighted by Gasteiger charge is 2.48. The van der Waals surface area contributed by atoms with Crippen molar-refractivity contribution in [3.8, 4) is 0 Å². The summed E-state index contributed by atoms with van der Waals surface area (Å²) in [5.41, 5.74) is -1.11. The van der Waals surface area contributed by atoms with E-state index in [1.807, 2.05) is 0 Å². The summed E-state index contributed by atoms with van der Waals surface area (Å²) in [4.78, 5) is 27.1. The van der Waals surface area contributed by atoms with Crippen molar-refractivity contribution in [1.82, 2.24) is 10.3 Å². The van der Waals surface area contributed by atoms with Gasteiger partial charge in [-0.1, -0.05) is 17.7 Å². The number of aromatic nitrogens is 1. The Bertz CT molecular complexity index is 502. The van der Waals surface area contributed by atoms with Gasteiger partial charge in [-0.05, 0) is 37.8 Å². The Labute approximate surface area is 109 Å². The average Bonchev–Trinajstić information content (AvgIpc) is 3.12. The van der Waals surface area contributed by atoms with E-state index in [0.29, 0.717) is 0 Å². The van der Waals surface area contributed by atoms with Gasteiger partial charge >= 0.3 is 5.97 Å². The van der Waals surface area contributed by atoms with Crippen molar-refractivity contribution in [1.29, 1.82) is 0 Å². The van der Waals surface area contributed by atoms with Crippen LogP contribution in [-0.4, -0.2) is 27.5 Å². The summed E-state index contributed by atoms with van der Waals surface area (Å²) in [6, 6.07) is 4.64. The zero-order valence-electron chi connectivity index (χ0n) is 9.81. The molecule has 0 aromatic carbocycles. The average molecular weight is 269 g/mol. The maximum absolute atomic E-state index is 12.0. The molecule has 1 aliphatic rings. The minimum Gasteiger partial charge on any atom is -0.480 e. The van der Waals surface area contributed by atoms with Crippen LogP contribution >= 0.6 is 11.6 Å². The zero-order valence-corrected chi connectivity index (χ0v) is 10.6. The number of carbonyl (C=O) groups excluding carboxylic acids is 1. The monoisotopic (exact) mass is 268 g/mol. The number of amides is 1. The maximum atomic E-state index is 12.0. The number of rotatable bonds is 4. The van der Waals surface area contributed by atoms with Crippen LogP contribution in [-0.2, 0) is 4.79 Å². The number of nitrogens with zero attached hydrogens (tertiary/aromatic N) is 1. The van der Waals surface area contributed by atoms with E-state index in [9.17, 15) is 14.7 Å². The molecule has 96 valence electrons. The van der Waals surface area contributed by atoms with E-state index in [1.165, 1.54) is 13.0 Å². The lowest BCUT2D eigenvalue weighted by atomic mass is 9.96. The molecule has 0 aliphatic heterocycles. The van der Waals surface area contributed by atoms with Crippen LogP contribution in [0.5, 0.6) is 0 Å². The van der Waals surface area contributed by atoms with Gasteiger partial charge in [0.2, 0.25) is 0 Å². The van der Waals surface area contributed by atoms with Crippen molar-refractivity contribution < 1.29 is 14.7 Å². The number of pyridine rings is 1. The molecule has 1 aliphatic carbocycles. The standard InChI is InChI=1S/C12H13ClN2O3/c1-12(11(17)18,7-5-6-7)15-10(16)8-3-2-4-9(13)14-8/h2-4,7H,5-6H2,1H3,(H,15,16)(H,17,18). The molecule has 0 radical (unpaired) electrons. The van der Waals surface area contributed by atoms with Crippen molar-refractivity contribution in [3.63, 3.8) is 0 Å². The Kier molecular flexibility index (Phi) is 3.26. The third kappa shape index (κ3) is 2.46. The molecule has 18 heavy (non-hydrogen) atoms. The van der Waals surface area contributed by atoms with Crippen LogP contribution in [0.25, 0.3) is 0 Å². The van der Waals surface area contributed by atoms with Crippen molar-refractivity contribution >= 4 is 23.5 Å². The molecule has 1 heterocycles.